The lowest BCUT2D eigenvalue weighted by molar-refractivity contribution is -0.384. The van der Waals surface area contributed by atoms with E-state index in [0.717, 1.165) is 6.20 Å². The van der Waals surface area contributed by atoms with Gasteiger partial charge in [0.25, 0.3) is 0 Å². The van der Waals surface area contributed by atoms with E-state index in [1.807, 2.05) is 0 Å². The number of hydrogen-bond acceptors (Lipinski definition) is 7. The smallest absolute Gasteiger partial charge is 0.329 e. The fourth-order valence-corrected chi connectivity index (χ4v) is 1.28. The molecule has 1 aromatic heterocycles. The first kappa shape index (κ1) is 13.6. The molecule has 1 rings (SSSR count). The summed E-state index contributed by atoms with van der Waals surface area (Å²) in [5.74, 6) is -0.334. The van der Waals surface area contributed by atoms with Crippen molar-refractivity contribution < 1.29 is 9.72 Å². The third kappa shape index (κ3) is 4.20. The van der Waals surface area contributed by atoms with Gasteiger partial charge in [0.05, 0.1) is 4.92 Å². The highest BCUT2D eigenvalue weighted by atomic mass is 16.6. The quantitative estimate of drug-likeness (QED) is 0.353. The molecule has 0 radical (unpaired) electrons. The van der Waals surface area contributed by atoms with E-state index in [1.54, 1.807) is 0 Å². The number of carbonyl (C=O) groups excluding carboxylic acids is 1. The van der Waals surface area contributed by atoms with Crippen molar-refractivity contribution in [3.63, 3.8) is 0 Å². The highest BCUT2D eigenvalue weighted by Crippen LogP contribution is 2.20. The fourth-order valence-electron chi connectivity index (χ4n) is 1.28. The molecular weight excluding hydrogens is 240 g/mol. The summed E-state index contributed by atoms with van der Waals surface area (Å²) in [4.78, 5) is 27.9. The van der Waals surface area contributed by atoms with Gasteiger partial charge in [0.2, 0.25) is 17.7 Å². The van der Waals surface area contributed by atoms with Gasteiger partial charge in [-0.3, -0.25) is 14.9 Å². The number of amides is 1. The molecule has 1 aromatic rings. The van der Waals surface area contributed by atoms with Crippen LogP contribution in [0.1, 0.15) is 19.3 Å². The number of hydrogen-bond donors (Lipinski definition) is 3. The SMILES string of the molecule is NC(=O)CCCCNc1nc(N)ncc1[N+](=O)[O-]. The molecular formula is C9H14N6O3. The normalized spacial score (nSPS) is 10.0. The molecule has 9 heteroatoms. The van der Waals surface area contributed by atoms with E-state index in [9.17, 15) is 14.9 Å². The van der Waals surface area contributed by atoms with Crippen molar-refractivity contribution in [2.75, 3.05) is 17.6 Å². The number of nitro groups is 1. The second-order valence-corrected chi connectivity index (χ2v) is 3.57. The lowest BCUT2D eigenvalue weighted by atomic mass is 10.2. The molecule has 0 saturated heterocycles. The van der Waals surface area contributed by atoms with Crippen LogP contribution in [-0.2, 0) is 4.79 Å². The highest BCUT2D eigenvalue weighted by Gasteiger charge is 2.15. The van der Waals surface area contributed by atoms with Crippen LogP contribution in [0.15, 0.2) is 6.20 Å². The Morgan fingerprint density at radius 3 is 2.83 bits per heavy atom. The summed E-state index contributed by atoms with van der Waals surface area (Å²) in [5.41, 5.74) is 10.1. The molecule has 18 heavy (non-hydrogen) atoms. The van der Waals surface area contributed by atoms with Crippen LogP contribution in [0.25, 0.3) is 0 Å². The summed E-state index contributed by atoms with van der Waals surface area (Å²) in [6.45, 7) is 0.435. The summed E-state index contributed by atoms with van der Waals surface area (Å²) in [6, 6.07) is 0. The minimum absolute atomic E-state index is 0.0414. The first-order chi connectivity index (χ1) is 8.50. The van der Waals surface area contributed by atoms with E-state index in [0.29, 0.717) is 19.4 Å². The van der Waals surface area contributed by atoms with Gasteiger partial charge in [-0.25, -0.2) is 4.98 Å². The number of nitrogens with zero attached hydrogens (tertiary/aromatic N) is 3. The number of carbonyl (C=O) groups is 1. The van der Waals surface area contributed by atoms with Crippen LogP contribution in [0, 0.1) is 10.1 Å². The van der Waals surface area contributed by atoms with Gasteiger partial charge in [-0.15, -0.1) is 0 Å². The summed E-state index contributed by atoms with van der Waals surface area (Å²) in [7, 11) is 0. The Bertz CT molecular complexity index is 450. The maximum absolute atomic E-state index is 10.7. The Hall–Kier alpha value is -2.45. The molecule has 0 fully saturated rings. The van der Waals surface area contributed by atoms with Gasteiger partial charge >= 0.3 is 5.69 Å². The Labute approximate surface area is 103 Å². The van der Waals surface area contributed by atoms with Crippen molar-refractivity contribution in [2.45, 2.75) is 19.3 Å². The summed E-state index contributed by atoms with van der Waals surface area (Å²) in [6.07, 6.45) is 2.59. The molecule has 0 unspecified atom stereocenters. The van der Waals surface area contributed by atoms with Gasteiger partial charge in [-0.2, -0.15) is 4.98 Å². The number of nitrogen functional groups attached to an aromatic ring is 1. The zero-order valence-electron chi connectivity index (χ0n) is 9.63. The van der Waals surface area contributed by atoms with Crippen LogP contribution < -0.4 is 16.8 Å². The van der Waals surface area contributed by atoms with Crippen LogP contribution >= 0.6 is 0 Å². The minimum Gasteiger partial charge on any atom is -0.370 e. The zero-order chi connectivity index (χ0) is 13.5. The van der Waals surface area contributed by atoms with Crippen LogP contribution in [0.4, 0.5) is 17.5 Å². The van der Waals surface area contributed by atoms with Gasteiger partial charge in [-0.1, -0.05) is 0 Å². The number of aromatic nitrogens is 2. The van der Waals surface area contributed by atoms with E-state index in [2.05, 4.69) is 15.3 Å². The lowest BCUT2D eigenvalue weighted by Gasteiger charge is -2.05. The maximum atomic E-state index is 10.7. The first-order valence-electron chi connectivity index (χ1n) is 5.30. The lowest BCUT2D eigenvalue weighted by Crippen LogP contribution is -2.12. The Balaban J connectivity index is 2.53. The number of nitrogens with one attached hydrogen (secondary N) is 1. The van der Waals surface area contributed by atoms with Crippen LogP contribution in [0.3, 0.4) is 0 Å². The average Bonchev–Trinajstić information content (AvgIpc) is 2.27. The van der Waals surface area contributed by atoms with Gasteiger partial charge in [0, 0.05) is 13.0 Å². The second kappa shape index (κ2) is 6.33. The summed E-state index contributed by atoms with van der Waals surface area (Å²) < 4.78 is 0. The van der Waals surface area contributed by atoms with Gasteiger partial charge in [0.15, 0.2) is 0 Å². The van der Waals surface area contributed by atoms with Gasteiger partial charge in [0.1, 0.15) is 6.20 Å². The average molecular weight is 254 g/mol. The molecule has 5 N–H and O–H groups in total. The van der Waals surface area contributed by atoms with Gasteiger partial charge in [-0.05, 0) is 12.8 Å². The predicted molar refractivity (Wildman–Crippen MR) is 64.6 cm³/mol. The number of rotatable bonds is 7. The topological polar surface area (TPSA) is 150 Å². The molecule has 0 aliphatic rings. The molecule has 0 bridgehead atoms. The van der Waals surface area contributed by atoms with Crippen molar-refractivity contribution in [3.05, 3.63) is 16.3 Å². The summed E-state index contributed by atoms with van der Waals surface area (Å²) >= 11 is 0. The number of primary amides is 1. The first-order valence-corrected chi connectivity index (χ1v) is 5.30. The molecule has 0 aliphatic heterocycles. The molecule has 0 atom stereocenters. The largest absolute Gasteiger partial charge is 0.370 e. The molecule has 0 aromatic carbocycles. The Morgan fingerprint density at radius 1 is 1.50 bits per heavy atom. The number of unbranched alkanes of at least 4 members (excludes halogenated alkanes) is 1. The van der Waals surface area contributed by atoms with E-state index < -0.39 is 4.92 Å². The molecule has 1 heterocycles. The van der Waals surface area contributed by atoms with Crippen LogP contribution in [-0.4, -0.2) is 27.3 Å². The van der Waals surface area contributed by atoms with Crippen molar-refractivity contribution in [3.8, 4) is 0 Å². The van der Waals surface area contributed by atoms with Crippen molar-refractivity contribution in [1.82, 2.24) is 9.97 Å². The van der Waals surface area contributed by atoms with E-state index >= 15 is 0 Å². The van der Waals surface area contributed by atoms with Crippen LogP contribution in [0.5, 0.6) is 0 Å². The molecule has 9 nitrogen and oxygen atoms in total. The second-order valence-electron chi connectivity index (χ2n) is 3.57. The monoisotopic (exact) mass is 254 g/mol. The molecule has 98 valence electrons. The molecule has 1 amide bonds. The standard InChI is InChI=1S/C9H14N6O3/c10-7(16)3-1-2-4-12-8-6(15(17)18)5-13-9(11)14-8/h5H,1-4H2,(H2,10,16)(H3,11,12,13,14). The third-order valence-corrected chi connectivity index (χ3v) is 2.13. The molecule has 0 aliphatic carbocycles. The number of anilines is 2. The highest BCUT2D eigenvalue weighted by molar-refractivity contribution is 5.73. The fraction of sp³-hybridized carbons (Fsp3) is 0.444. The Morgan fingerprint density at radius 2 is 2.22 bits per heavy atom. The zero-order valence-corrected chi connectivity index (χ0v) is 9.63. The maximum Gasteiger partial charge on any atom is 0.329 e. The van der Waals surface area contributed by atoms with E-state index in [4.69, 9.17) is 11.5 Å². The third-order valence-electron chi connectivity index (χ3n) is 2.13. The Kier molecular flexibility index (Phi) is 4.78. The van der Waals surface area contributed by atoms with Gasteiger partial charge < -0.3 is 16.8 Å². The molecule has 0 saturated carbocycles. The number of nitrogens with two attached hydrogens (primary N) is 2. The van der Waals surface area contributed by atoms with Crippen molar-refractivity contribution in [2.24, 2.45) is 5.73 Å². The summed E-state index contributed by atoms with van der Waals surface area (Å²) in [5, 5.41) is 13.5. The van der Waals surface area contributed by atoms with E-state index in [1.165, 1.54) is 0 Å². The van der Waals surface area contributed by atoms with Crippen LogP contribution in [0.2, 0.25) is 0 Å². The molecule has 0 spiro atoms. The van der Waals surface area contributed by atoms with Crippen molar-refractivity contribution >= 4 is 23.4 Å². The van der Waals surface area contributed by atoms with E-state index in [-0.39, 0.29) is 29.8 Å². The minimum atomic E-state index is -0.592. The van der Waals surface area contributed by atoms with Crippen molar-refractivity contribution in [1.29, 1.82) is 0 Å². The predicted octanol–water partition coefficient (Wildman–Crippen LogP) is 0.0345.